The van der Waals surface area contributed by atoms with Crippen molar-refractivity contribution < 1.29 is 29.0 Å². The summed E-state index contributed by atoms with van der Waals surface area (Å²) in [5.74, 6) is -1.69. The number of benzene rings is 1. The average Bonchev–Trinajstić information content (AvgIpc) is 2.48. The van der Waals surface area contributed by atoms with Crippen molar-refractivity contribution in [3.63, 3.8) is 0 Å². The Labute approximate surface area is 141 Å². The number of carboxylic acids is 1. The summed E-state index contributed by atoms with van der Waals surface area (Å²) >= 11 is 0. The number of amides is 1. The van der Waals surface area contributed by atoms with Gasteiger partial charge in [-0.15, -0.1) is 0 Å². The van der Waals surface area contributed by atoms with Gasteiger partial charge in [-0.1, -0.05) is 30.3 Å². The van der Waals surface area contributed by atoms with Crippen LogP contribution in [0.2, 0.25) is 0 Å². The molecule has 0 heterocycles. The Morgan fingerprint density at radius 3 is 2.29 bits per heavy atom. The number of nitrogens with zero attached hydrogens (tertiary/aromatic N) is 1. The molecule has 0 aromatic heterocycles. The van der Waals surface area contributed by atoms with E-state index in [1.807, 2.05) is 18.2 Å². The van der Waals surface area contributed by atoms with Crippen LogP contribution in [0.15, 0.2) is 30.3 Å². The smallest absolute Gasteiger partial charge is 0.410 e. The van der Waals surface area contributed by atoms with E-state index in [9.17, 15) is 14.4 Å². The second-order valence-electron chi connectivity index (χ2n) is 6.19. The molecule has 1 aromatic carbocycles. The lowest BCUT2D eigenvalue weighted by molar-refractivity contribution is -0.156. The number of carboxylic acid groups (broad SMARTS) is 1. The minimum absolute atomic E-state index is 0.0392. The molecule has 1 amide bonds. The average molecular weight is 337 g/mol. The van der Waals surface area contributed by atoms with E-state index in [4.69, 9.17) is 14.6 Å². The van der Waals surface area contributed by atoms with Crippen molar-refractivity contribution in [1.82, 2.24) is 4.90 Å². The largest absolute Gasteiger partial charge is 0.481 e. The van der Waals surface area contributed by atoms with Crippen LogP contribution < -0.4 is 0 Å². The molecule has 0 bridgehead atoms. The van der Waals surface area contributed by atoms with Gasteiger partial charge in [0, 0.05) is 6.54 Å². The van der Waals surface area contributed by atoms with Crippen molar-refractivity contribution in [2.24, 2.45) is 0 Å². The van der Waals surface area contributed by atoms with E-state index < -0.39 is 23.6 Å². The Morgan fingerprint density at radius 2 is 1.75 bits per heavy atom. The molecule has 0 saturated carbocycles. The molecule has 0 spiro atoms. The minimum atomic E-state index is -1.07. The first-order valence-corrected chi connectivity index (χ1v) is 7.56. The van der Waals surface area contributed by atoms with Crippen LogP contribution >= 0.6 is 0 Å². The number of ether oxygens (including phenoxy) is 2. The van der Waals surface area contributed by atoms with Gasteiger partial charge in [0.2, 0.25) is 0 Å². The molecule has 1 rings (SSSR count). The Morgan fingerprint density at radius 1 is 1.12 bits per heavy atom. The van der Waals surface area contributed by atoms with Gasteiger partial charge in [-0.2, -0.15) is 0 Å². The van der Waals surface area contributed by atoms with Gasteiger partial charge in [-0.05, 0) is 26.3 Å². The molecule has 0 unspecified atom stereocenters. The zero-order valence-corrected chi connectivity index (χ0v) is 14.2. The van der Waals surface area contributed by atoms with Gasteiger partial charge in [0.25, 0.3) is 0 Å². The van der Waals surface area contributed by atoms with Gasteiger partial charge >= 0.3 is 18.0 Å². The molecular weight excluding hydrogens is 314 g/mol. The zero-order chi connectivity index (χ0) is 18.2. The van der Waals surface area contributed by atoms with Crippen LogP contribution in [0.1, 0.15) is 32.8 Å². The van der Waals surface area contributed by atoms with E-state index in [2.05, 4.69) is 0 Å². The summed E-state index contributed by atoms with van der Waals surface area (Å²) in [5.41, 5.74) is 0.102. The van der Waals surface area contributed by atoms with Crippen molar-refractivity contribution in [1.29, 1.82) is 0 Å². The second-order valence-corrected chi connectivity index (χ2v) is 6.19. The summed E-state index contributed by atoms with van der Waals surface area (Å²) in [6.45, 7) is 4.67. The van der Waals surface area contributed by atoms with Crippen LogP contribution in [0.25, 0.3) is 0 Å². The summed E-state index contributed by atoms with van der Waals surface area (Å²) in [5, 5.41) is 8.78. The van der Waals surface area contributed by atoms with Crippen LogP contribution in [-0.4, -0.2) is 46.7 Å². The van der Waals surface area contributed by atoms with E-state index in [-0.39, 0.29) is 26.1 Å². The maximum absolute atomic E-state index is 12.1. The minimum Gasteiger partial charge on any atom is -0.481 e. The van der Waals surface area contributed by atoms with Crippen molar-refractivity contribution in [2.45, 2.75) is 39.4 Å². The second kappa shape index (κ2) is 8.90. The highest BCUT2D eigenvalue weighted by Crippen LogP contribution is 2.09. The number of esters is 1. The standard InChI is InChI=1S/C17H23NO6/c1-17(2,3)24-15(21)11-18(10-9-14(19)20)16(22)23-12-13-7-5-4-6-8-13/h4-8H,9-12H2,1-3H3,(H,19,20). The van der Waals surface area contributed by atoms with Crippen LogP contribution in [0, 0.1) is 0 Å². The quantitative estimate of drug-likeness (QED) is 0.768. The molecule has 0 aliphatic heterocycles. The molecule has 132 valence electrons. The summed E-state index contributed by atoms with van der Waals surface area (Å²) in [6, 6.07) is 9.05. The van der Waals surface area contributed by atoms with Gasteiger partial charge < -0.3 is 14.6 Å². The third-order valence-corrected chi connectivity index (χ3v) is 2.80. The molecule has 24 heavy (non-hydrogen) atoms. The van der Waals surface area contributed by atoms with Gasteiger partial charge in [-0.3, -0.25) is 14.5 Å². The topological polar surface area (TPSA) is 93.1 Å². The summed E-state index contributed by atoms with van der Waals surface area (Å²) in [4.78, 5) is 35.8. The van der Waals surface area contributed by atoms with Crippen molar-refractivity contribution in [2.75, 3.05) is 13.1 Å². The fraction of sp³-hybridized carbons (Fsp3) is 0.471. The molecule has 0 aliphatic rings. The Bertz CT molecular complexity index is 564. The molecule has 1 N–H and O–H groups in total. The predicted octanol–water partition coefficient (Wildman–Crippen LogP) is 2.44. The fourth-order valence-electron chi connectivity index (χ4n) is 1.81. The van der Waals surface area contributed by atoms with Gasteiger partial charge in [-0.25, -0.2) is 4.79 Å². The Hall–Kier alpha value is -2.57. The molecule has 1 aromatic rings. The number of carbonyl (C=O) groups is 3. The Kier molecular flexibility index (Phi) is 7.23. The van der Waals surface area contributed by atoms with Gasteiger partial charge in [0.05, 0.1) is 6.42 Å². The molecular formula is C17H23NO6. The third kappa shape index (κ3) is 8.17. The van der Waals surface area contributed by atoms with E-state index in [1.54, 1.807) is 32.9 Å². The van der Waals surface area contributed by atoms with Gasteiger partial charge in [0.1, 0.15) is 18.8 Å². The molecule has 0 radical (unpaired) electrons. The lowest BCUT2D eigenvalue weighted by atomic mass is 10.2. The summed E-state index contributed by atoms with van der Waals surface area (Å²) in [7, 11) is 0. The van der Waals surface area contributed by atoms with Crippen LogP contribution in [0.5, 0.6) is 0 Å². The van der Waals surface area contributed by atoms with E-state index in [0.29, 0.717) is 0 Å². The lowest BCUT2D eigenvalue weighted by Gasteiger charge is -2.24. The van der Waals surface area contributed by atoms with E-state index >= 15 is 0 Å². The maximum atomic E-state index is 12.1. The van der Waals surface area contributed by atoms with Gasteiger partial charge in [0.15, 0.2) is 0 Å². The molecule has 0 saturated heterocycles. The predicted molar refractivity (Wildman–Crippen MR) is 86.3 cm³/mol. The number of hydrogen-bond acceptors (Lipinski definition) is 5. The fourth-order valence-corrected chi connectivity index (χ4v) is 1.81. The van der Waals surface area contributed by atoms with Crippen LogP contribution in [0.4, 0.5) is 4.79 Å². The summed E-state index contributed by atoms with van der Waals surface area (Å²) in [6.07, 6.45) is -1.05. The number of carbonyl (C=O) groups excluding carboxylic acids is 2. The number of rotatable bonds is 7. The van der Waals surface area contributed by atoms with Crippen LogP contribution in [-0.2, 0) is 25.7 Å². The van der Waals surface area contributed by atoms with Crippen molar-refractivity contribution in [3.05, 3.63) is 35.9 Å². The highest BCUT2D eigenvalue weighted by Gasteiger charge is 2.23. The first kappa shape index (κ1) is 19.5. The normalized spacial score (nSPS) is 10.8. The first-order chi connectivity index (χ1) is 11.2. The highest BCUT2D eigenvalue weighted by atomic mass is 16.6. The monoisotopic (exact) mass is 337 g/mol. The summed E-state index contributed by atoms with van der Waals surface area (Å²) < 4.78 is 10.3. The number of hydrogen-bond donors (Lipinski definition) is 1. The third-order valence-electron chi connectivity index (χ3n) is 2.80. The van der Waals surface area contributed by atoms with Crippen molar-refractivity contribution in [3.8, 4) is 0 Å². The molecule has 7 heteroatoms. The van der Waals surface area contributed by atoms with Crippen molar-refractivity contribution >= 4 is 18.0 Å². The molecule has 0 atom stereocenters. The van der Waals surface area contributed by atoms with E-state index in [0.717, 1.165) is 10.5 Å². The molecule has 0 aliphatic carbocycles. The SMILES string of the molecule is CC(C)(C)OC(=O)CN(CCC(=O)O)C(=O)OCc1ccccc1. The molecule has 0 fully saturated rings. The maximum Gasteiger partial charge on any atom is 0.410 e. The zero-order valence-electron chi connectivity index (χ0n) is 14.2. The highest BCUT2D eigenvalue weighted by molar-refractivity contribution is 5.79. The van der Waals surface area contributed by atoms with E-state index in [1.165, 1.54) is 0 Å². The lowest BCUT2D eigenvalue weighted by Crippen LogP contribution is -2.40. The first-order valence-electron chi connectivity index (χ1n) is 7.56. The molecule has 7 nitrogen and oxygen atoms in total. The van der Waals surface area contributed by atoms with Crippen LogP contribution in [0.3, 0.4) is 0 Å². The Balaban J connectivity index is 2.64. The number of aliphatic carboxylic acids is 1.